The van der Waals surface area contributed by atoms with Crippen LogP contribution in [0.15, 0.2) is 36.4 Å². The van der Waals surface area contributed by atoms with Crippen LogP contribution in [0.5, 0.6) is 5.75 Å². The monoisotopic (exact) mass is 338 g/mol. The molecule has 0 atom stereocenters. The third-order valence-corrected chi connectivity index (χ3v) is 4.69. The summed E-state index contributed by atoms with van der Waals surface area (Å²) in [7, 11) is 0. The molecule has 0 saturated heterocycles. The number of benzene rings is 2. The molecular formula is C20H22N2O3. The lowest BCUT2D eigenvalue weighted by Crippen LogP contribution is -2.29. The molecule has 3 rings (SSSR count). The molecule has 2 aromatic rings. The highest BCUT2D eigenvalue weighted by Crippen LogP contribution is 2.36. The Morgan fingerprint density at radius 1 is 0.920 bits per heavy atom. The molecule has 0 radical (unpaired) electrons. The Labute approximate surface area is 147 Å². The van der Waals surface area contributed by atoms with Crippen LogP contribution >= 0.6 is 0 Å². The van der Waals surface area contributed by atoms with Crippen LogP contribution < -0.4 is 5.32 Å². The van der Waals surface area contributed by atoms with Crippen molar-refractivity contribution in [3.05, 3.63) is 58.7 Å². The van der Waals surface area contributed by atoms with Gasteiger partial charge in [0, 0.05) is 29.9 Å². The molecule has 0 amide bonds. The number of nitrogens with zero attached hydrogens (tertiary/aromatic N) is 1. The Balaban J connectivity index is 1.96. The van der Waals surface area contributed by atoms with Gasteiger partial charge in [-0.3, -0.25) is 9.59 Å². The maximum atomic E-state index is 12.9. The fourth-order valence-electron chi connectivity index (χ4n) is 3.24. The minimum absolute atomic E-state index is 0.0940. The Hall–Kier alpha value is -2.66. The molecule has 5 nitrogen and oxygen atoms in total. The van der Waals surface area contributed by atoms with Crippen LogP contribution in [0.2, 0.25) is 0 Å². The number of rotatable bonds is 6. The number of carbonyl (C=O) groups excluding carboxylic acids is 2. The van der Waals surface area contributed by atoms with Crippen LogP contribution in [-0.4, -0.2) is 47.8 Å². The van der Waals surface area contributed by atoms with Gasteiger partial charge in [0.05, 0.1) is 11.1 Å². The first-order valence-electron chi connectivity index (χ1n) is 8.59. The van der Waals surface area contributed by atoms with Gasteiger partial charge >= 0.3 is 0 Å². The summed E-state index contributed by atoms with van der Waals surface area (Å²) in [5.41, 5.74) is 1.68. The maximum absolute atomic E-state index is 12.9. The number of nitrogens with one attached hydrogen (secondary N) is 1. The molecule has 0 bridgehead atoms. The van der Waals surface area contributed by atoms with E-state index in [1.807, 2.05) is 0 Å². The van der Waals surface area contributed by atoms with Gasteiger partial charge in [-0.2, -0.15) is 0 Å². The highest BCUT2D eigenvalue weighted by Gasteiger charge is 2.33. The Kier molecular flexibility index (Phi) is 4.86. The number of phenolic OH excluding ortho intramolecular Hbond substituents is 1. The number of hydrogen-bond donors (Lipinski definition) is 2. The number of ketones is 2. The van der Waals surface area contributed by atoms with Crippen molar-refractivity contribution in [1.29, 1.82) is 0 Å². The lowest BCUT2D eigenvalue weighted by molar-refractivity contribution is 0.0977. The van der Waals surface area contributed by atoms with Gasteiger partial charge in [-0.1, -0.05) is 38.1 Å². The minimum Gasteiger partial charge on any atom is -0.507 e. The Bertz CT molecular complexity index is 826. The fraction of sp³-hybridized carbons (Fsp3) is 0.300. The van der Waals surface area contributed by atoms with Gasteiger partial charge in [-0.15, -0.1) is 0 Å². The minimum atomic E-state index is -0.310. The van der Waals surface area contributed by atoms with Crippen molar-refractivity contribution >= 4 is 17.3 Å². The molecule has 0 fully saturated rings. The standard InChI is InChI=1S/C20H22N2O3/c1-3-22(4-2)12-11-21-15-9-10-16(23)18-17(15)19(24)13-7-5-6-8-14(13)20(18)25/h5-10,21,23H,3-4,11-12H2,1-2H3. The van der Waals surface area contributed by atoms with Crippen molar-refractivity contribution < 1.29 is 14.7 Å². The highest BCUT2D eigenvalue weighted by atomic mass is 16.3. The molecule has 130 valence electrons. The smallest absolute Gasteiger partial charge is 0.198 e. The van der Waals surface area contributed by atoms with Crippen molar-refractivity contribution in [1.82, 2.24) is 4.90 Å². The molecule has 1 aliphatic rings. The second-order valence-electron chi connectivity index (χ2n) is 6.04. The van der Waals surface area contributed by atoms with Crippen molar-refractivity contribution in [2.24, 2.45) is 0 Å². The molecule has 2 N–H and O–H groups in total. The average Bonchev–Trinajstić information content (AvgIpc) is 2.64. The van der Waals surface area contributed by atoms with Crippen molar-refractivity contribution in [2.45, 2.75) is 13.8 Å². The van der Waals surface area contributed by atoms with E-state index in [0.717, 1.165) is 19.6 Å². The lowest BCUT2D eigenvalue weighted by Gasteiger charge is -2.23. The van der Waals surface area contributed by atoms with Crippen LogP contribution in [0.3, 0.4) is 0 Å². The predicted molar refractivity (Wildman–Crippen MR) is 97.7 cm³/mol. The lowest BCUT2D eigenvalue weighted by atomic mass is 9.82. The summed E-state index contributed by atoms with van der Waals surface area (Å²) in [6.45, 7) is 7.60. The first-order valence-corrected chi connectivity index (χ1v) is 8.59. The number of phenols is 1. The van der Waals surface area contributed by atoms with E-state index < -0.39 is 0 Å². The first-order chi connectivity index (χ1) is 12.1. The van der Waals surface area contributed by atoms with Crippen LogP contribution in [0, 0.1) is 0 Å². The summed E-state index contributed by atoms with van der Waals surface area (Å²) in [5.74, 6) is -0.696. The molecule has 25 heavy (non-hydrogen) atoms. The van der Waals surface area contributed by atoms with Gasteiger partial charge < -0.3 is 15.3 Å². The number of carbonyl (C=O) groups is 2. The van der Waals surface area contributed by atoms with Crippen LogP contribution in [0.25, 0.3) is 0 Å². The summed E-state index contributed by atoms with van der Waals surface area (Å²) in [6, 6.07) is 9.87. The normalized spacial score (nSPS) is 12.9. The van der Waals surface area contributed by atoms with Gasteiger partial charge in [0.15, 0.2) is 11.6 Å². The Morgan fingerprint density at radius 2 is 1.52 bits per heavy atom. The van der Waals surface area contributed by atoms with E-state index in [0.29, 0.717) is 23.4 Å². The molecule has 2 aromatic carbocycles. The zero-order valence-corrected chi connectivity index (χ0v) is 14.5. The van der Waals surface area contributed by atoms with Crippen LogP contribution in [0.1, 0.15) is 45.7 Å². The third kappa shape index (κ3) is 3.03. The largest absolute Gasteiger partial charge is 0.507 e. The molecule has 0 heterocycles. The van der Waals surface area contributed by atoms with E-state index >= 15 is 0 Å². The van der Waals surface area contributed by atoms with Gasteiger partial charge in [0.25, 0.3) is 0 Å². The van der Waals surface area contributed by atoms with Crippen molar-refractivity contribution in [3.63, 3.8) is 0 Å². The molecule has 5 heteroatoms. The SMILES string of the molecule is CCN(CC)CCNc1ccc(O)c2c1C(=O)c1ccccc1C2=O. The summed E-state index contributed by atoms with van der Waals surface area (Å²) >= 11 is 0. The number of fused-ring (bicyclic) bond motifs is 2. The third-order valence-electron chi connectivity index (χ3n) is 4.69. The van der Waals surface area contributed by atoms with Crippen molar-refractivity contribution in [3.8, 4) is 5.75 Å². The molecule has 0 unspecified atom stereocenters. The van der Waals surface area contributed by atoms with E-state index in [1.165, 1.54) is 6.07 Å². The number of anilines is 1. The zero-order chi connectivity index (χ0) is 18.0. The Morgan fingerprint density at radius 3 is 2.12 bits per heavy atom. The van der Waals surface area contributed by atoms with Gasteiger partial charge in [0.2, 0.25) is 0 Å². The second kappa shape index (κ2) is 7.07. The topological polar surface area (TPSA) is 69.6 Å². The summed E-state index contributed by atoms with van der Waals surface area (Å²) in [5, 5.41) is 13.4. The highest BCUT2D eigenvalue weighted by molar-refractivity contribution is 6.31. The fourth-order valence-corrected chi connectivity index (χ4v) is 3.24. The van der Waals surface area contributed by atoms with Gasteiger partial charge in [-0.25, -0.2) is 0 Å². The predicted octanol–water partition coefficient (Wildman–Crippen LogP) is 2.92. The molecule has 0 saturated carbocycles. The van der Waals surface area contributed by atoms with E-state index in [1.54, 1.807) is 30.3 Å². The zero-order valence-electron chi connectivity index (χ0n) is 14.5. The quantitative estimate of drug-likeness (QED) is 0.676. The second-order valence-corrected chi connectivity index (χ2v) is 6.04. The number of hydrogen-bond acceptors (Lipinski definition) is 5. The molecule has 0 aliphatic heterocycles. The van der Waals surface area contributed by atoms with Gasteiger partial charge in [0.1, 0.15) is 5.75 Å². The first kappa shape index (κ1) is 17.2. The van der Waals surface area contributed by atoms with E-state index in [-0.39, 0.29) is 28.4 Å². The maximum Gasteiger partial charge on any atom is 0.198 e. The number of likely N-dealkylation sites (N-methyl/N-ethyl adjacent to an activating group) is 1. The van der Waals surface area contributed by atoms with E-state index in [9.17, 15) is 14.7 Å². The van der Waals surface area contributed by atoms with Crippen molar-refractivity contribution in [2.75, 3.05) is 31.5 Å². The summed E-state index contributed by atoms with van der Waals surface area (Å²) in [4.78, 5) is 27.9. The molecule has 0 aromatic heterocycles. The van der Waals surface area contributed by atoms with Crippen LogP contribution in [-0.2, 0) is 0 Å². The molecule has 1 aliphatic carbocycles. The van der Waals surface area contributed by atoms with Crippen LogP contribution in [0.4, 0.5) is 5.69 Å². The molecule has 0 spiro atoms. The van der Waals surface area contributed by atoms with E-state index in [2.05, 4.69) is 24.1 Å². The molecular weight excluding hydrogens is 316 g/mol. The summed E-state index contributed by atoms with van der Waals surface area (Å²) in [6.07, 6.45) is 0. The van der Waals surface area contributed by atoms with E-state index in [4.69, 9.17) is 0 Å². The number of aromatic hydroxyl groups is 1. The average molecular weight is 338 g/mol. The summed E-state index contributed by atoms with van der Waals surface area (Å²) < 4.78 is 0. The van der Waals surface area contributed by atoms with Gasteiger partial charge in [-0.05, 0) is 25.2 Å².